The molecule has 2 rings (SSSR count). The molecule has 1 aromatic rings. The fourth-order valence-electron chi connectivity index (χ4n) is 1.45. The SMILES string of the molecule is COC(=O)c1cc(C)ccc1C#CC1CC1. The lowest BCUT2D eigenvalue weighted by molar-refractivity contribution is 0.0600. The van der Waals surface area contributed by atoms with E-state index in [1.165, 1.54) is 20.0 Å². The third kappa shape index (κ3) is 2.43. The van der Waals surface area contributed by atoms with Crippen LogP contribution in [0.25, 0.3) is 0 Å². The first-order valence-electron chi connectivity index (χ1n) is 5.41. The molecule has 1 aliphatic carbocycles. The molecular weight excluding hydrogens is 200 g/mol. The van der Waals surface area contributed by atoms with Crippen LogP contribution in [0.2, 0.25) is 0 Å². The van der Waals surface area contributed by atoms with Crippen molar-refractivity contribution in [2.24, 2.45) is 5.92 Å². The van der Waals surface area contributed by atoms with Crippen LogP contribution in [0.3, 0.4) is 0 Å². The topological polar surface area (TPSA) is 26.3 Å². The predicted octanol–water partition coefficient (Wildman–Crippen LogP) is 2.54. The van der Waals surface area contributed by atoms with E-state index in [9.17, 15) is 4.79 Å². The van der Waals surface area contributed by atoms with Gasteiger partial charge >= 0.3 is 5.97 Å². The molecule has 1 aromatic carbocycles. The summed E-state index contributed by atoms with van der Waals surface area (Å²) in [4.78, 5) is 11.6. The molecule has 1 fully saturated rings. The summed E-state index contributed by atoms with van der Waals surface area (Å²) in [5.74, 6) is 6.44. The lowest BCUT2D eigenvalue weighted by Gasteiger charge is -2.03. The van der Waals surface area contributed by atoms with Crippen LogP contribution >= 0.6 is 0 Å². The van der Waals surface area contributed by atoms with E-state index in [1.54, 1.807) is 0 Å². The van der Waals surface area contributed by atoms with Crippen molar-refractivity contribution < 1.29 is 9.53 Å². The highest BCUT2D eigenvalue weighted by molar-refractivity contribution is 5.92. The van der Waals surface area contributed by atoms with Crippen LogP contribution in [-0.4, -0.2) is 13.1 Å². The molecule has 0 unspecified atom stereocenters. The largest absolute Gasteiger partial charge is 0.465 e. The van der Waals surface area contributed by atoms with Crippen LogP contribution in [0.4, 0.5) is 0 Å². The van der Waals surface area contributed by atoms with Gasteiger partial charge in [0.25, 0.3) is 0 Å². The van der Waals surface area contributed by atoms with Gasteiger partial charge in [-0.25, -0.2) is 4.79 Å². The Morgan fingerprint density at radius 3 is 2.81 bits per heavy atom. The molecule has 0 aromatic heterocycles. The van der Waals surface area contributed by atoms with Crippen LogP contribution in [0, 0.1) is 24.7 Å². The maximum Gasteiger partial charge on any atom is 0.339 e. The zero-order chi connectivity index (χ0) is 11.5. The molecule has 1 saturated carbocycles. The Hall–Kier alpha value is -1.75. The second-order valence-electron chi connectivity index (χ2n) is 4.08. The van der Waals surface area contributed by atoms with Gasteiger partial charge in [0, 0.05) is 11.5 Å². The average Bonchev–Trinajstić information content (AvgIpc) is 3.10. The molecule has 0 amide bonds. The maximum atomic E-state index is 11.6. The molecule has 0 aliphatic heterocycles. The molecule has 0 heterocycles. The number of carbonyl (C=O) groups is 1. The van der Waals surface area contributed by atoms with E-state index in [4.69, 9.17) is 4.74 Å². The van der Waals surface area contributed by atoms with Crippen molar-refractivity contribution in [1.29, 1.82) is 0 Å². The fraction of sp³-hybridized carbons (Fsp3) is 0.357. The van der Waals surface area contributed by atoms with Crippen LogP contribution in [0.5, 0.6) is 0 Å². The number of hydrogen-bond acceptors (Lipinski definition) is 2. The Labute approximate surface area is 95.6 Å². The van der Waals surface area contributed by atoms with Crippen molar-refractivity contribution in [2.45, 2.75) is 19.8 Å². The summed E-state index contributed by atoms with van der Waals surface area (Å²) in [6, 6.07) is 5.67. The fourth-order valence-corrected chi connectivity index (χ4v) is 1.45. The van der Waals surface area contributed by atoms with Gasteiger partial charge in [0.1, 0.15) is 0 Å². The number of benzene rings is 1. The normalized spacial score (nSPS) is 13.9. The number of carbonyl (C=O) groups excluding carboxylic acids is 1. The second-order valence-corrected chi connectivity index (χ2v) is 4.08. The van der Waals surface area contributed by atoms with Gasteiger partial charge < -0.3 is 4.74 Å². The Morgan fingerprint density at radius 2 is 2.19 bits per heavy atom. The van der Waals surface area contributed by atoms with Gasteiger partial charge in [-0.1, -0.05) is 23.5 Å². The van der Waals surface area contributed by atoms with Crippen molar-refractivity contribution >= 4 is 5.97 Å². The summed E-state index contributed by atoms with van der Waals surface area (Å²) in [5.41, 5.74) is 2.37. The average molecular weight is 214 g/mol. The third-order valence-electron chi connectivity index (χ3n) is 2.57. The molecule has 0 radical (unpaired) electrons. The van der Waals surface area contributed by atoms with Crippen molar-refractivity contribution in [2.75, 3.05) is 7.11 Å². The number of ether oxygens (including phenoxy) is 1. The Balaban J connectivity index is 2.35. The van der Waals surface area contributed by atoms with Gasteiger partial charge in [-0.3, -0.25) is 0 Å². The Bertz CT molecular complexity index is 473. The van der Waals surface area contributed by atoms with E-state index < -0.39 is 0 Å². The summed E-state index contributed by atoms with van der Waals surface area (Å²) in [5, 5.41) is 0. The van der Waals surface area contributed by atoms with E-state index in [0.717, 1.165) is 11.1 Å². The second kappa shape index (κ2) is 4.40. The number of hydrogen-bond donors (Lipinski definition) is 0. The van der Waals surface area contributed by atoms with E-state index >= 15 is 0 Å². The molecular formula is C14H14O2. The quantitative estimate of drug-likeness (QED) is 0.530. The highest BCUT2D eigenvalue weighted by atomic mass is 16.5. The van der Waals surface area contributed by atoms with E-state index in [0.29, 0.717) is 11.5 Å². The van der Waals surface area contributed by atoms with Crippen LogP contribution in [0.1, 0.15) is 34.3 Å². The van der Waals surface area contributed by atoms with Crippen molar-refractivity contribution in [3.05, 3.63) is 34.9 Å². The number of aryl methyl sites for hydroxylation is 1. The summed E-state index contributed by atoms with van der Waals surface area (Å²) in [6.07, 6.45) is 2.37. The Morgan fingerprint density at radius 1 is 1.44 bits per heavy atom. The van der Waals surface area contributed by atoms with Gasteiger partial charge in [0.05, 0.1) is 12.7 Å². The summed E-state index contributed by atoms with van der Waals surface area (Å²) in [7, 11) is 1.39. The van der Waals surface area contributed by atoms with Crippen LogP contribution in [-0.2, 0) is 4.74 Å². The summed E-state index contributed by atoms with van der Waals surface area (Å²) < 4.78 is 4.75. The molecule has 0 spiro atoms. The first-order chi connectivity index (χ1) is 7.70. The first-order valence-corrected chi connectivity index (χ1v) is 5.41. The molecule has 1 aliphatic rings. The third-order valence-corrected chi connectivity index (χ3v) is 2.57. The smallest absolute Gasteiger partial charge is 0.339 e. The van der Waals surface area contributed by atoms with Gasteiger partial charge in [-0.05, 0) is 31.9 Å². The molecule has 0 bridgehead atoms. The lowest BCUT2D eigenvalue weighted by Crippen LogP contribution is -2.04. The number of methoxy groups -OCH3 is 1. The van der Waals surface area contributed by atoms with E-state index in [1.807, 2.05) is 25.1 Å². The lowest BCUT2D eigenvalue weighted by atomic mass is 10.0. The minimum Gasteiger partial charge on any atom is -0.465 e. The van der Waals surface area contributed by atoms with Gasteiger partial charge in [0.2, 0.25) is 0 Å². The minimum atomic E-state index is -0.316. The van der Waals surface area contributed by atoms with Gasteiger partial charge in [-0.15, -0.1) is 0 Å². The monoisotopic (exact) mass is 214 g/mol. The maximum absolute atomic E-state index is 11.6. The standard InChI is InChI=1S/C14H14O2/c1-10-3-7-12(8-6-11-4-5-11)13(9-10)14(15)16-2/h3,7,9,11H,4-5H2,1-2H3. The molecule has 0 atom stereocenters. The summed E-state index contributed by atoms with van der Waals surface area (Å²) >= 11 is 0. The highest BCUT2D eigenvalue weighted by Crippen LogP contribution is 2.27. The van der Waals surface area contributed by atoms with Gasteiger partial charge in [0.15, 0.2) is 0 Å². The van der Waals surface area contributed by atoms with Gasteiger partial charge in [-0.2, -0.15) is 0 Å². The zero-order valence-corrected chi connectivity index (χ0v) is 9.54. The Kier molecular flexibility index (Phi) is 2.96. The molecule has 0 saturated heterocycles. The highest BCUT2D eigenvalue weighted by Gasteiger charge is 2.18. The summed E-state index contributed by atoms with van der Waals surface area (Å²) in [6.45, 7) is 1.95. The van der Waals surface area contributed by atoms with E-state index in [2.05, 4.69) is 11.8 Å². The molecule has 82 valence electrons. The van der Waals surface area contributed by atoms with Crippen molar-refractivity contribution in [3.63, 3.8) is 0 Å². The molecule has 2 nitrogen and oxygen atoms in total. The number of esters is 1. The van der Waals surface area contributed by atoms with Crippen molar-refractivity contribution in [3.8, 4) is 11.8 Å². The van der Waals surface area contributed by atoms with Crippen LogP contribution in [0.15, 0.2) is 18.2 Å². The molecule has 16 heavy (non-hydrogen) atoms. The molecule has 2 heteroatoms. The van der Waals surface area contributed by atoms with E-state index in [-0.39, 0.29) is 5.97 Å². The first kappa shape index (κ1) is 10.8. The van der Waals surface area contributed by atoms with Crippen molar-refractivity contribution in [1.82, 2.24) is 0 Å². The van der Waals surface area contributed by atoms with Crippen LogP contribution < -0.4 is 0 Å². The zero-order valence-electron chi connectivity index (χ0n) is 9.54. The number of rotatable bonds is 1. The molecule has 0 N–H and O–H groups in total. The minimum absolute atomic E-state index is 0.316. The predicted molar refractivity (Wildman–Crippen MR) is 62.1 cm³/mol.